The number of benzene rings is 1. The van der Waals surface area contributed by atoms with E-state index < -0.39 is 11.8 Å². The zero-order valence-electron chi connectivity index (χ0n) is 11.6. The van der Waals surface area contributed by atoms with E-state index in [1.807, 2.05) is 0 Å². The van der Waals surface area contributed by atoms with Crippen molar-refractivity contribution in [3.8, 4) is 0 Å². The second-order valence-electron chi connectivity index (χ2n) is 5.01. The lowest BCUT2D eigenvalue weighted by Gasteiger charge is -2.32. The normalized spacial score (nSPS) is 17.1. The Morgan fingerprint density at radius 1 is 1.35 bits per heavy atom. The van der Waals surface area contributed by atoms with Gasteiger partial charge in [-0.25, -0.2) is 9.18 Å². The van der Waals surface area contributed by atoms with Gasteiger partial charge >= 0.3 is 5.97 Å². The Morgan fingerprint density at radius 3 is 2.75 bits per heavy atom. The molecule has 20 heavy (non-hydrogen) atoms. The van der Waals surface area contributed by atoms with Crippen molar-refractivity contribution in [2.75, 3.05) is 52.1 Å². The van der Waals surface area contributed by atoms with Crippen LogP contribution in [-0.2, 0) is 4.74 Å². The van der Waals surface area contributed by atoms with Crippen LogP contribution in [0.3, 0.4) is 0 Å². The number of piperazine rings is 1. The van der Waals surface area contributed by atoms with Crippen molar-refractivity contribution in [1.82, 2.24) is 9.80 Å². The van der Waals surface area contributed by atoms with E-state index in [4.69, 9.17) is 10.5 Å². The van der Waals surface area contributed by atoms with E-state index in [-0.39, 0.29) is 11.3 Å². The van der Waals surface area contributed by atoms with Gasteiger partial charge in [0, 0.05) is 38.4 Å². The molecule has 1 aromatic rings. The SMILES string of the molecule is CN1CCN(CCOC(=O)c2cc(F)ccc2N)CC1. The van der Waals surface area contributed by atoms with Crippen molar-refractivity contribution < 1.29 is 13.9 Å². The minimum absolute atomic E-state index is 0.0865. The van der Waals surface area contributed by atoms with E-state index in [1.54, 1.807) is 0 Å². The number of nitrogens with two attached hydrogens (primary N) is 1. The van der Waals surface area contributed by atoms with Crippen LogP contribution in [0.5, 0.6) is 0 Å². The van der Waals surface area contributed by atoms with E-state index in [0.717, 1.165) is 32.2 Å². The number of ether oxygens (including phenoxy) is 1. The monoisotopic (exact) mass is 281 g/mol. The maximum Gasteiger partial charge on any atom is 0.340 e. The number of carbonyl (C=O) groups excluding carboxylic acids is 1. The molecule has 0 aliphatic carbocycles. The summed E-state index contributed by atoms with van der Waals surface area (Å²) in [6, 6.07) is 3.69. The fourth-order valence-corrected chi connectivity index (χ4v) is 2.12. The molecule has 2 N–H and O–H groups in total. The Hall–Kier alpha value is -1.66. The van der Waals surface area contributed by atoms with Crippen molar-refractivity contribution in [2.45, 2.75) is 0 Å². The van der Waals surface area contributed by atoms with Gasteiger partial charge in [0.2, 0.25) is 0 Å². The number of rotatable bonds is 4. The molecule has 1 aliphatic heterocycles. The summed E-state index contributed by atoms with van der Waals surface area (Å²) in [5.74, 6) is -1.07. The third kappa shape index (κ3) is 3.91. The van der Waals surface area contributed by atoms with E-state index >= 15 is 0 Å². The van der Waals surface area contributed by atoms with Crippen molar-refractivity contribution in [2.24, 2.45) is 0 Å². The standard InChI is InChI=1S/C14H20FN3O2/c1-17-4-6-18(7-5-17)8-9-20-14(19)12-10-11(15)2-3-13(12)16/h2-3,10H,4-9,16H2,1H3. The summed E-state index contributed by atoms with van der Waals surface area (Å²) in [4.78, 5) is 16.3. The quantitative estimate of drug-likeness (QED) is 0.654. The second kappa shape index (κ2) is 6.67. The van der Waals surface area contributed by atoms with Gasteiger partial charge in [-0.15, -0.1) is 0 Å². The predicted octanol–water partition coefficient (Wildman–Crippen LogP) is 0.812. The molecule has 5 nitrogen and oxygen atoms in total. The van der Waals surface area contributed by atoms with Gasteiger partial charge in [-0.05, 0) is 25.2 Å². The van der Waals surface area contributed by atoms with Crippen molar-refractivity contribution >= 4 is 11.7 Å². The number of likely N-dealkylation sites (N-methyl/N-ethyl adjacent to an activating group) is 1. The lowest BCUT2D eigenvalue weighted by atomic mass is 10.2. The largest absolute Gasteiger partial charge is 0.461 e. The highest BCUT2D eigenvalue weighted by atomic mass is 19.1. The molecule has 0 bridgehead atoms. The fourth-order valence-electron chi connectivity index (χ4n) is 2.12. The Balaban J connectivity index is 1.79. The number of hydrogen-bond donors (Lipinski definition) is 1. The van der Waals surface area contributed by atoms with Crippen LogP contribution in [0.2, 0.25) is 0 Å². The van der Waals surface area contributed by atoms with E-state index in [0.29, 0.717) is 13.2 Å². The maximum atomic E-state index is 13.1. The summed E-state index contributed by atoms with van der Waals surface area (Å²) in [6.07, 6.45) is 0. The number of hydrogen-bond acceptors (Lipinski definition) is 5. The second-order valence-corrected chi connectivity index (χ2v) is 5.01. The first-order valence-electron chi connectivity index (χ1n) is 6.69. The summed E-state index contributed by atoms with van der Waals surface area (Å²) in [5, 5.41) is 0. The first-order valence-corrected chi connectivity index (χ1v) is 6.69. The van der Waals surface area contributed by atoms with Gasteiger partial charge < -0.3 is 15.4 Å². The minimum atomic E-state index is -0.573. The van der Waals surface area contributed by atoms with Crippen molar-refractivity contribution in [1.29, 1.82) is 0 Å². The molecule has 1 saturated heterocycles. The fraction of sp³-hybridized carbons (Fsp3) is 0.500. The topological polar surface area (TPSA) is 58.8 Å². The number of anilines is 1. The van der Waals surface area contributed by atoms with Gasteiger partial charge in [0.25, 0.3) is 0 Å². The van der Waals surface area contributed by atoms with Crippen LogP contribution < -0.4 is 5.73 Å². The molecule has 1 heterocycles. The van der Waals surface area contributed by atoms with Crippen molar-refractivity contribution in [3.05, 3.63) is 29.6 Å². The number of halogens is 1. The molecular formula is C14H20FN3O2. The van der Waals surface area contributed by atoms with Crippen LogP contribution >= 0.6 is 0 Å². The van der Waals surface area contributed by atoms with Gasteiger partial charge in [0.15, 0.2) is 0 Å². The van der Waals surface area contributed by atoms with Crippen LogP contribution in [0, 0.1) is 5.82 Å². The highest BCUT2D eigenvalue weighted by Crippen LogP contribution is 2.14. The number of nitrogen functional groups attached to an aromatic ring is 1. The molecule has 0 unspecified atom stereocenters. The molecule has 0 atom stereocenters. The Labute approximate surface area is 118 Å². The average molecular weight is 281 g/mol. The summed E-state index contributed by atoms with van der Waals surface area (Å²) in [7, 11) is 2.09. The van der Waals surface area contributed by atoms with Gasteiger partial charge in [0.1, 0.15) is 12.4 Å². The van der Waals surface area contributed by atoms with Gasteiger partial charge in [0.05, 0.1) is 5.56 Å². The van der Waals surface area contributed by atoms with E-state index in [1.165, 1.54) is 12.1 Å². The number of nitrogens with zero attached hydrogens (tertiary/aromatic N) is 2. The molecule has 110 valence electrons. The third-order valence-electron chi connectivity index (χ3n) is 3.47. The lowest BCUT2D eigenvalue weighted by Crippen LogP contribution is -2.45. The first kappa shape index (κ1) is 14.7. The molecule has 6 heteroatoms. The predicted molar refractivity (Wildman–Crippen MR) is 75.0 cm³/mol. The van der Waals surface area contributed by atoms with Crippen LogP contribution in [0.4, 0.5) is 10.1 Å². The Morgan fingerprint density at radius 2 is 2.05 bits per heavy atom. The lowest BCUT2D eigenvalue weighted by molar-refractivity contribution is 0.0433. The van der Waals surface area contributed by atoms with Gasteiger partial charge in [-0.1, -0.05) is 0 Å². The maximum absolute atomic E-state index is 13.1. The highest BCUT2D eigenvalue weighted by Gasteiger charge is 2.15. The summed E-state index contributed by atoms with van der Waals surface area (Å²) >= 11 is 0. The zero-order chi connectivity index (χ0) is 14.5. The minimum Gasteiger partial charge on any atom is -0.461 e. The average Bonchev–Trinajstić information content (AvgIpc) is 2.43. The zero-order valence-corrected chi connectivity index (χ0v) is 11.6. The van der Waals surface area contributed by atoms with E-state index in [9.17, 15) is 9.18 Å². The molecule has 0 saturated carbocycles. The Kier molecular flexibility index (Phi) is 4.92. The number of carbonyl (C=O) groups is 1. The molecule has 1 aliphatic rings. The first-order chi connectivity index (χ1) is 9.56. The van der Waals surface area contributed by atoms with Crippen LogP contribution in [0.25, 0.3) is 0 Å². The molecule has 1 aromatic carbocycles. The van der Waals surface area contributed by atoms with Crippen LogP contribution in [0.15, 0.2) is 18.2 Å². The molecule has 1 fully saturated rings. The molecule has 2 rings (SSSR count). The molecule has 0 amide bonds. The number of esters is 1. The molecule has 0 aromatic heterocycles. The molecular weight excluding hydrogens is 261 g/mol. The van der Waals surface area contributed by atoms with Crippen LogP contribution in [0.1, 0.15) is 10.4 Å². The third-order valence-corrected chi connectivity index (χ3v) is 3.47. The summed E-state index contributed by atoms with van der Waals surface area (Å²) < 4.78 is 18.2. The van der Waals surface area contributed by atoms with Gasteiger partial charge in [-0.2, -0.15) is 0 Å². The molecule has 0 radical (unpaired) electrons. The van der Waals surface area contributed by atoms with Crippen molar-refractivity contribution in [3.63, 3.8) is 0 Å². The molecule has 0 spiro atoms. The summed E-state index contributed by atoms with van der Waals surface area (Å²) in [5.41, 5.74) is 5.96. The Bertz CT molecular complexity index is 473. The highest BCUT2D eigenvalue weighted by molar-refractivity contribution is 5.95. The smallest absolute Gasteiger partial charge is 0.340 e. The summed E-state index contributed by atoms with van der Waals surface area (Å²) in [6.45, 7) is 4.95. The van der Waals surface area contributed by atoms with E-state index in [2.05, 4.69) is 16.8 Å². The van der Waals surface area contributed by atoms with Crippen LogP contribution in [-0.4, -0.2) is 62.1 Å². The van der Waals surface area contributed by atoms with Gasteiger partial charge in [-0.3, -0.25) is 4.90 Å².